The Morgan fingerprint density at radius 3 is 2.50 bits per heavy atom. The molecule has 1 saturated heterocycles. The number of hydrogen-bond donors (Lipinski definition) is 0. The van der Waals surface area contributed by atoms with E-state index in [1.54, 1.807) is 11.3 Å². The van der Waals surface area contributed by atoms with Crippen LogP contribution in [0.1, 0.15) is 23.9 Å². The second-order valence-corrected chi connectivity index (χ2v) is 7.11. The van der Waals surface area contributed by atoms with Crippen LogP contribution in [0.2, 0.25) is 0 Å². The molecule has 1 aliphatic rings. The maximum absolute atomic E-state index is 4.23. The summed E-state index contributed by atoms with van der Waals surface area (Å²) < 4.78 is 0. The molecule has 0 radical (unpaired) electrons. The molecule has 18 heavy (non-hydrogen) atoms. The number of aromatic nitrogens is 2. The van der Waals surface area contributed by atoms with Gasteiger partial charge in [-0.25, -0.2) is 0 Å². The lowest BCUT2D eigenvalue weighted by atomic mass is 9.91. The Morgan fingerprint density at radius 1 is 1.33 bits per heavy atom. The highest BCUT2D eigenvalue weighted by molar-refractivity contribution is 7.11. The van der Waals surface area contributed by atoms with E-state index in [2.05, 4.69) is 47.9 Å². The summed E-state index contributed by atoms with van der Waals surface area (Å²) >= 11 is 1.72. The molecule has 0 aromatic carbocycles. The molecule has 1 aromatic heterocycles. The van der Waals surface area contributed by atoms with E-state index in [4.69, 9.17) is 0 Å². The average Bonchev–Trinajstić information content (AvgIpc) is 2.85. The van der Waals surface area contributed by atoms with Crippen LogP contribution in [0.5, 0.6) is 0 Å². The van der Waals surface area contributed by atoms with E-state index in [0.29, 0.717) is 6.04 Å². The van der Waals surface area contributed by atoms with Crippen LogP contribution < -0.4 is 0 Å². The van der Waals surface area contributed by atoms with E-state index in [-0.39, 0.29) is 0 Å². The molecule has 4 nitrogen and oxygen atoms in total. The van der Waals surface area contributed by atoms with Crippen molar-refractivity contribution in [3.05, 3.63) is 10.0 Å². The highest BCUT2D eigenvalue weighted by Crippen LogP contribution is 2.28. The lowest BCUT2D eigenvalue weighted by Crippen LogP contribution is -2.37. The van der Waals surface area contributed by atoms with Gasteiger partial charge >= 0.3 is 0 Å². The Labute approximate surface area is 114 Å². The zero-order valence-corrected chi connectivity index (χ0v) is 12.9. The van der Waals surface area contributed by atoms with E-state index in [1.807, 2.05) is 6.92 Å². The van der Waals surface area contributed by atoms with E-state index in [9.17, 15) is 0 Å². The first-order chi connectivity index (χ1) is 8.47. The van der Waals surface area contributed by atoms with Crippen molar-refractivity contribution in [3.63, 3.8) is 0 Å². The zero-order chi connectivity index (χ0) is 13.3. The number of likely N-dealkylation sites (tertiary alicyclic amines) is 1. The minimum absolute atomic E-state index is 0.666. The molecule has 2 atom stereocenters. The van der Waals surface area contributed by atoms with Crippen LogP contribution in [0, 0.1) is 18.8 Å². The van der Waals surface area contributed by atoms with Gasteiger partial charge in [0, 0.05) is 19.1 Å². The topological polar surface area (TPSA) is 32.3 Å². The molecule has 2 rings (SSSR count). The Morgan fingerprint density at radius 2 is 2.06 bits per heavy atom. The second kappa shape index (κ2) is 5.63. The van der Waals surface area contributed by atoms with Gasteiger partial charge in [0.2, 0.25) is 0 Å². The van der Waals surface area contributed by atoms with Gasteiger partial charge in [-0.05, 0) is 32.9 Å². The van der Waals surface area contributed by atoms with Crippen LogP contribution >= 0.6 is 11.3 Å². The molecule has 1 aliphatic heterocycles. The molecular weight excluding hydrogens is 244 g/mol. The van der Waals surface area contributed by atoms with Gasteiger partial charge in [-0.3, -0.25) is 4.90 Å². The lowest BCUT2D eigenvalue weighted by molar-refractivity contribution is 0.215. The minimum atomic E-state index is 0.666. The maximum atomic E-state index is 4.23. The monoisotopic (exact) mass is 268 g/mol. The van der Waals surface area contributed by atoms with Gasteiger partial charge in [0.15, 0.2) is 0 Å². The van der Waals surface area contributed by atoms with Gasteiger partial charge in [-0.2, -0.15) is 0 Å². The Balaban J connectivity index is 2.00. The molecule has 1 fully saturated rings. The van der Waals surface area contributed by atoms with Crippen molar-refractivity contribution < 1.29 is 0 Å². The quantitative estimate of drug-likeness (QED) is 0.834. The van der Waals surface area contributed by atoms with Crippen molar-refractivity contribution in [3.8, 4) is 0 Å². The third kappa shape index (κ3) is 3.08. The van der Waals surface area contributed by atoms with E-state index in [0.717, 1.165) is 34.9 Å². The molecule has 2 heterocycles. The van der Waals surface area contributed by atoms with E-state index < -0.39 is 0 Å². The SMILES string of the molecule is Cc1nnc(CN2C[C@H](C(C)C)[C@@H](N(C)C)C2)s1. The summed E-state index contributed by atoms with van der Waals surface area (Å²) in [6.07, 6.45) is 0. The summed E-state index contributed by atoms with van der Waals surface area (Å²) in [5.74, 6) is 1.49. The Bertz CT molecular complexity index is 372. The Hall–Kier alpha value is -0.520. The molecule has 0 spiro atoms. The standard InChI is InChI=1S/C13H24N4S/c1-9(2)11-6-17(7-12(11)16(4)5)8-13-15-14-10(3)18-13/h9,11-12H,6-8H2,1-5H3/t11-,12+/m1/s1. The van der Waals surface area contributed by atoms with Crippen LogP contribution in [0.4, 0.5) is 0 Å². The molecule has 0 bridgehead atoms. The van der Waals surface area contributed by atoms with Crippen LogP contribution in [-0.4, -0.2) is 53.2 Å². The second-order valence-electron chi connectivity index (χ2n) is 5.85. The first-order valence-corrected chi connectivity index (χ1v) is 7.46. The number of hydrogen-bond acceptors (Lipinski definition) is 5. The highest BCUT2D eigenvalue weighted by atomic mass is 32.1. The number of rotatable bonds is 4. The first-order valence-electron chi connectivity index (χ1n) is 6.65. The van der Waals surface area contributed by atoms with Gasteiger partial charge < -0.3 is 4.90 Å². The summed E-state index contributed by atoms with van der Waals surface area (Å²) in [7, 11) is 4.39. The predicted molar refractivity (Wildman–Crippen MR) is 75.7 cm³/mol. The largest absolute Gasteiger partial charge is 0.305 e. The van der Waals surface area contributed by atoms with Crippen LogP contribution in [0.3, 0.4) is 0 Å². The molecule has 0 aliphatic carbocycles. The van der Waals surface area contributed by atoms with Crippen molar-refractivity contribution in [1.29, 1.82) is 0 Å². The first kappa shape index (κ1) is 13.9. The summed E-state index contributed by atoms with van der Waals surface area (Å²) in [6.45, 7) is 9.97. The van der Waals surface area contributed by atoms with Crippen LogP contribution in [0.15, 0.2) is 0 Å². The third-order valence-corrected chi connectivity index (χ3v) is 4.68. The predicted octanol–water partition coefficient (Wildman–Crippen LogP) is 1.86. The van der Waals surface area contributed by atoms with Crippen molar-refractivity contribution in [2.24, 2.45) is 11.8 Å². The number of aryl methyl sites for hydroxylation is 1. The molecular formula is C13H24N4S. The number of nitrogens with zero attached hydrogens (tertiary/aromatic N) is 4. The maximum Gasteiger partial charge on any atom is 0.131 e. The normalized spacial score (nSPS) is 25.5. The third-order valence-electron chi connectivity index (χ3n) is 3.85. The van der Waals surface area contributed by atoms with Gasteiger partial charge in [0.05, 0.1) is 6.54 Å². The van der Waals surface area contributed by atoms with Crippen LogP contribution in [-0.2, 0) is 6.54 Å². The molecule has 0 N–H and O–H groups in total. The summed E-state index contributed by atoms with van der Waals surface area (Å²) in [4.78, 5) is 4.89. The van der Waals surface area contributed by atoms with Crippen molar-refractivity contribution in [1.82, 2.24) is 20.0 Å². The zero-order valence-electron chi connectivity index (χ0n) is 12.1. The molecule has 0 amide bonds. The van der Waals surface area contributed by atoms with Crippen molar-refractivity contribution in [2.45, 2.75) is 33.4 Å². The fourth-order valence-corrected chi connectivity index (χ4v) is 3.57. The fourth-order valence-electron chi connectivity index (χ4n) is 2.82. The Kier molecular flexibility index (Phi) is 4.35. The van der Waals surface area contributed by atoms with Crippen molar-refractivity contribution in [2.75, 3.05) is 27.2 Å². The molecule has 102 valence electrons. The van der Waals surface area contributed by atoms with E-state index >= 15 is 0 Å². The minimum Gasteiger partial charge on any atom is -0.305 e. The van der Waals surface area contributed by atoms with Gasteiger partial charge in [0.25, 0.3) is 0 Å². The van der Waals surface area contributed by atoms with Gasteiger partial charge in [0.1, 0.15) is 10.0 Å². The highest BCUT2D eigenvalue weighted by Gasteiger charge is 2.35. The van der Waals surface area contributed by atoms with Crippen molar-refractivity contribution >= 4 is 11.3 Å². The summed E-state index contributed by atoms with van der Waals surface area (Å²) in [5.41, 5.74) is 0. The average molecular weight is 268 g/mol. The lowest BCUT2D eigenvalue weighted by Gasteiger charge is -2.27. The summed E-state index contributed by atoms with van der Waals surface area (Å²) in [5, 5.41) is 10.5. The fraction of sp³-hybridized carbons (Fsp3) is 0.846. The van der Waals surface area contributed by atoms with Crippen LogP contribution in [0.25, 0.3) is 0 Å². The molecule has 0 saturated carbocycles. The van der Waals surface area contributed by atoms with E-state index in [1.165, 1.54) is 6.54 Å². The number of likely N-dealkylation sites (N-methyl/N-ethyl adjacent to an activating group) is 1. The molecule has 1 aromatic rings. The smallest absolute Gasteiger partial charge is 0.131 e. The van der Waals surface area contributed by atoms with Gasteiger partial charge in [-0.1, -0.05) is 13.8 Å². The van der Waals surface area contributed by atoms with Gasteiger partial charge in [-0.15, -0.1) is 21.5 Å². The molecule has 0 unspecified atom stereocenters. The molecule has 5 heteroatoms. The summed E-state index contributed by atoms with van der Waals surface area (Å²) in [6, 6.07) is 0.666.